The molecular formula is C11H15NO3S. The van der Waals surface area contributed by atoms with Gasteiger partial charge in [0.1, 0.15) is 5.75 Å². The fraction of sp³-hybridized carbons (Fsp3) is 0.364. The minimum atomic E-state index is -0.0771. The Labute approximate surface area is 99.0 Å². The van der Waals surface area contributed by atoms with Crippen LogP contribution in [0.1, 0.15) is 0 Å². The summed E-state index contributed by atoms with van der Waals surface area (Å²) in [7, 11) is 1.58. The van der Waals surface area contributed by atoms with Gasteiger partial charge < -0.3 is 15.2 Å². The number of anilines is 1. The lowest BCUT2D eigenvalue weighted by Crippen LogP contribution is -2.14. The van der Waals surface area contributed by atoms with Crippen LogP contribution < -0.4 is 10.1 Å². The standard InChI is InChI=1S/C11H15NO3S/c1-15-10-4-2-3-9(7-10)12-11(14)8-16-6-5-13/h2-4,7,13H,5-6,8H2,1H3,(H,12,14). The van der Waals surface area contributed by atoms with Crippen molar-refractivity contribution in [2.45, 2.75) is 0 Å². The van der Waals surface area contributed by atoms with Gasteiger partial charge in [-0.25, -0.2) is 0 Å². The molecule has 88 valence electrons. The van der Waals surface area contributed by atoms with E-state index in [1.807, 2.05) is 12.1 Å². The van der Waals surface area contributed by atoms with Gasteiger partial charge in [0.25, 0.3) is 0 Å². The molecule has 1 amide bonds. The van der Waals surface area contributed by atoms with E-state index in [2.05, 4.69) is 5.32 Å². The highest BCUT2D eigenvalue weighted by atomic mass is 32.2. The van der Waals surface area contributed by atoms with E-state index in [-0.39, 0.29) is 12.5 Å². The topological polar surface area (TPSA) is 58.6 Å². The second-order valence-corrected chi connectivity index (χ2v) is 4.16. The number of methoxy groups -OCH3 is 1. The van der Waals surface area contributed by atoms with Crippen molar-refractivity contribution in [1.82, 2.24) is 0 Å². The van der Waals surface area contributed by atoms with Gasteiger partial charge in [0.2, 0.25) is 5.91 Å². The molecule has 1 rings (SSSR count). The molecule has 0 saturated carbocycles. The predicted octanol–water partition coefficient (Wildman–Crippen LogP) is 1.36. The van der Waals surface area contributed by atoms with Crippen LogP contribution in [0.25, 0.3) is 0 Å². The minimum Gasteiger partial charge on any atom is -0.497 e. The Balaban J connectivity index is 2.43. The molecule has 0 atom stereocenters. The summed E-state index contributed by atoms with van der Waals surface area (Å²) in [6.45, 7) is 0.0944. The van der Waals surface area contributed by atoms with E-state index in [4.69, 9.17) is 9.84 Å². The maximum atomic E-state index is 11.4. The second kappa shape index (κ2) is 7.14. The fourth-order valence-corrected chi connectivity index (χ4v) is 1.66. The summed E-state index contributed by atoms with van der Waals surface area (Å²) in [6.07, 6.45) is 0. The lowest BCUT2D eigenvalue weighted by molar-refractivity contribution is -0.113. The highest BCUT2D eigenvalue weighted by Gasteiger charge is 2.02. The van der Waals surface area contributed by atoms with Gasteiger partial charge in [-0.3, -0.25) is 4.79 Å². The lowest BCUT2D eigenvalue weighted by atomic mass is 10.3. The van der Waals surface area contributed by atoms with E-state index >= 15 is 0 Å². The fourth-order valence-electron chi connectivity index (χ4n) is 1.13. The summed E-state index contributed by atoms with van der Waals surface area (Å²) in [5.41, 5.74) is 0.717. The summed E-state index contributed by atoms with van der Waals surface area (Å²) in [6, 6.07) is 7.19. The molecule has 0 saturated heterocycles. The first-order valence-corrected chi connectivity index (χ1v) is 6.04. The smallest absolute Gasteiger partial charge is 0.234 e. The molecule has 0 unspecified atom stereocenters. The Morgan fingerprint density at radius 2 is 2.38 bits per heavy atom. The van der Waals surface area contributed by atoms with Gasteiger partial charge in [-0.2, -0.15) is 0 Å². The SMILES string of the molecule is COc1cccc(NC(=O)CSCCO)c1. The van der Waals surface area contributed by atoms with Gasteiger partial charge in [-0.1, -0.05) is 6.07 Å². The number of thioether (sulfide) groups is 1. The summed E-state index contributed by atoms with van der Waals surface area (Å²) in [5, 5.41) is 11.3. The van der Waals surface area contributed by atoms with Crippen molar-refractivity contribution in [2.75, 3.05) is 30.5 Å². The van der Waals surface area contributed by atoms with Crippen LogP contribution in [0.15, 0.2) is 24.3 Å². The van der Waals surface area contributed by atoms with Crippen molar-refractivity contribution in [3.05, 3.63) is 24.3 Å². The number of ether oxygens (including phenoxy) is 1. The monoisotopic (exact) mass is 241 g/mol. The molecule has 0 aromatic heterocycles. The second-order valence-electron chi connectivity index (χ2n) is 3.06. The summed E-state index contributed by atoms with van der Waals surface area (Å²) in [4.78, 5) is 11.4. The number of rotatable bonds is 6. The molecule has 5 heteroatoms. The number of hydrogen-bond donors (Lipinski definition) is 2. The Bertz CT molecular complexity index is 344. The van der Waals surface area contributed by atoms with E-state index < -0.39 is 0 Å². The van der Waals surface area contributed by atoms with Crippen LogP contribution in [0.3, 0.4) is 0 Å². The number of amides is 1. The molecule has 4 nitrogen and oxygen atoms in total. The molecule has 0 heterocycles. The van der Waals surface area contributed by atoms with Crippen LogP contribution >= 0.6 is 11.8 Å². The Hall–Kier alpha value is -1.20. The maximum absolute atomic E-state index is 11.4. The third-order valence-corrected chi connectivity index (χ3v) is 2.76. The van der Waals surface area contributed by atoms with Gasteiger partial charge >= 0.3 is 0 Å². The number of carbonyl (C=O) groups is 1. The van der Waals surface area contributed by atoms with Crippen molar-refractivity contribution >= 4 is 23.4 Å². The number of benzene rings is 1. The molecule has 0 bridgehead atoms. The molecule has 2 N–H and O–H groups in total. The highest BCUT2D eigenvalue weighted by molar-refractivity contribution is 7.99. The average Bonchev–Trinajstić information content (AvgIpc) is 2.29. The van der Waals surface area contributed by atoms with Crippen LogP contribution in [0, 0.1) is 0 Å². The van der Waals surface area contributed by atoms with Gasteiger partial charge in [0.15, 0.2) is 0 Å². The molecule has 0 aliphatic rings. The third kappa shape index (κ3) is 4.55. The van der Waals surface area contributed by atoms with Gasteiger partial charge in [0.05, 0.1) is 19.5 Å². The number of hydrogen-bond acceptors (Lipinski definition) is 4. The average molecular weight is 241 g/mol. The third-order valence-electron chi connectivity index (χ3n) is 1.82. The zero-order chi connectivity index (χ0) is 11.8. The molecule has 1 aromatic rings. The molecule has 0 fully saturated rings. The van der Waals surface area contributed by atoms with Gasteiger partial charge in [-0.05, 0) is 12.1 Å². The minimum absolute atomic E-state index is 0.0771. The molecular weight excluding hydrogens is 226 g/mol. The van der Waals surface area contributed by atoms with Crippen molar-refractivity contribution < 1.29 is 14.6 Å². The molecule has 0 spiro atoms. The van der Waals surface area contributed by atoms with E-state index in [1.165, 1.54) is 11.8 Å². The molecule has 0 radical (unpaired) electrons. The van der Waals surface area contributed by atoms with E-state index in [0.29, 0.717) is 22.9 Å². The summed E-state index contributed by atoms with van der Waals surface area (Å²) in [5.74, 6) is 1.55. The van der Waals surface area contributed by atoms with Crippen molar-refractivity contribution in [2.24, 2.45) is 0 Å². The van der Waals surface area contributed by atoms with Crippen molar-refractivity contribution in [3.8, 4) is 5.75 Å². The first-order chi connectivity index (χ1) is 7.76. The first-order valence-electron chi connectivity index (χ1n) is 4.88. The number of nitrogens with one attached hydrogen (secondary N) is 1. The zero-order valence-electron chi connectivity index (χ0n) is 9.10. The van der Waals surface area contributed by atoms with E-state index in [1.54, 1.807) is 19.2 Å². The Morgan fingerprint density at radius 3 is 3.06 bits per heavy atom. The largest absolute Gasteiger partial charge is 0.497 e. The van der Waals surface area contributed by atoms with Gasteiger partial charge in [-0.15, -0.1) is 11.8 Å². The predicted molar refractivity (Wildman–Crippen MR) is 66.0 cm³/mol. The molecule has 0 aliphatic carbocycles. The van der Waals surface area contributed by atoms with Crippen LogP contribution in [0.4, 0.5) is 5.69 Å². The first kappa shape index (κ1) is 12.9. The Kier molecular flexibility index (Phi) is 5.74. The molecule has 1 aromatic carbocycles. The van der Waals surface area contributed by atoms with E-state index in [9.17, 15) is 4.79 Å². The van der Waals surface area contributed by atoms with Crippen LogP contribution in [0.2, 0.25) is 0 Å². The normalized spacial score (nSPS) is 9.88. The number of aliphatic hydroxyl groups excluding tert-OH is 1. The highest BCUT2D eigenvalue weighted by Crippen LogP contribution is 2.16. The molecule has 16 heavy (non-hydrogen) atoms. The summed E-state index contributed by atoms with van der Waals surface area (Å²) >= 11 is 1.40. The van der Waals surface area contributed by atoms with Crippen LogP contribution in [0.5, 0.6) is 5.75 Å². The lowest BCUT2D eigenvalue weighted by Gasteiger charge is -2.06. The summed E-state index contributed by atoms with van der Waals surface area (Å²) < 4.78 is 5.05. The number of carbonyl (C=O) groups excluding carboxylic acids is 1. The van der Waals surface area contributed by atoms with Crippen molar-refractivity contribution in [3.63, 3.8) is 0 Å². The number of aliphatic hydroxyl groups is 1. The van der Waals surface area contributed by atoms with Crippen molar-refractivity contribution in [1.29, 1.82) is 0 Å². The maximum Gasteiger partial charge on any atom is 0.234 e. The Morgan fingerprint density at radius 1 is 1.56 bits per heavy atom. The van der Waals surface area contributed by atoms with Crippen LogP contribution in [-0.2, 0) is 4.79 Å². The molecule has 0 aliphatic heterocycles. The van der Waals surface area contributed by atoms with Gasteiger partial charge in [0, 0.05) is 17.5 Å². The zero-order valence-corrected chi connectivity index (χ0v) is 9.92. The quantitative estimate of drug-likeness (QED) is 0.738. The van der Waals surface area contributed by atoms with Crippen LogP contribution in [-0.4, -0.2) is 36.2 Å². The van der Waals surface area contributed by atoms with E-state index in [0.717, 1.165) is 0 Å².